The predicted molar refractivity (Wildman–Crippen MR) is 44.8 cm³/mol. The summed E-state index contributed by atoms with van der Waals surface area (Å²) in [5.74, 6) is -0.0457. The summed E-state index contributed by atoms with van der Waals surface area (Å²) >= 11 is 0. The van der Waals surface area contributed by atoms with Gasteiger partial charge in [-0.05, 0) is 25.5 Å². The van der Waals surface area contributed by atoms with Gasteiger partial charge in [0.05, 0.1) is 0 Å². The summed E-state index contributed by atoms with van der Waals surface area (Å²) in [5, 5.41) is 27.1. The standard InChI is InChI=1S/C9H12O3/c1-5-3-6(2)8(10)7(4-5)9(11)12/h3-4,9-12H,1-2H3. The molecule has 3 heteroatoms. The van der Waals surface area contributed by atoms with E-state index in [9.17, 15) is 5.11 Å². The predicted octanol–water partition coefficient (Wildman–Crippen LogP) is 0.992. The van der Waals surface area contributed by atoms with Crippen LogP contribution in [0.25, 0.3) is 0 Å². The molecule has 0 aliphatic carbocycles. The molecule has 0 aliphatic heterocycles. The lowest BCUT2D eigenvalue weighted by Gasteiger charge is -2.09. The lowest BCUT2D eigenvalue weighted by Crippen LogP contribution is -1.97. The number of aromatic hydroxyl groups is 1. The Bertz CT molecular complexity index is 292. The Morgan fingerprint density at radius 3 is 2.25 bits per heavy atom. The first-order chi connectivity index (χ1) is 5.52. The molecule has 3 N–H and O–H groups in total. The Labute approximate surface area is 70.9 Å². The Hall–Kier alpha value is -1.06. The lowest BCUT2D eigenvalue weighted by atomic mass is 10.1. The molecule has 0 radical (unpaired) electrons. The maximum Gasteiger partial charge on any atom is 0.182 e. The average Bonchev–Trinajstić information content (AvgIpc) is 1.96. The van der Waals surface area contributed by atoms with Crippen LogP contribution in [0.2, 0.25) is 0 Å². The summed E-state index contributed by atoms with van der Waals surface area (Å²) in [6.45, 7) is 3.55. The number of aryl methyl sites for hydroxylation is 2. The molecule has 0 amide bonds. The van der Waals surface area contributed by atoms with Crippen molar-refractivity contribution in [2.75, 3.05) is 0 Å². The van der Waals surface area contributed by atoms with Gasteiger partial charge in [0.15, 0.2) is 6.29 Å². The third-order valence-electron chi connectivity index (χ3n) is 1.75. The normalized spacial score (nSPS) is 10.8. The number of hydrogen-bond acceptors (Lipinski definition) is 3. The third-order valence-corrected chi connectivity index (χ3v) is 1.75. The molecule has 12 heavy (non-hydrogen) atoms. The molecule has 0 heterocycles. The molecule has 0 unspecified atom stereocenters. The van der Waals surface area contributed by atoms with Crippen LogP contribution in [0.4, 0.5) is 0 Å². The third kappa shape index (κ3) is 1.57. The molecular weight excluding hydrogens is 156 g/mol. The first-order valence-corrected chi connectivity index (χ1v) is 3.68. The van der Waals surface area contributed by atoms with Gasteiger partial charge >= 0.3 is 0 Å². The summed E-state index contributed by atoms with van der Waals surface area (Å²) in [5.41, 5.74) is 1.71. The van der Waals surface area contributed by atoms with Crippen LogP contribution in [0.3, 0.4) is 0 Å². The van der Waals surface area contributed by atoms with Crippen molar-refractivity contribution in [3.05, 3.63) is 28.8 Å². The summed E-state index contributed by atoms with van der Waals surface area (Å²) in [4.78, 5) is 0. The van der Waals surface area contributed by atoms with Crippen molar-refractivity contribution in [1.82, 2.24) is 0 Å². The highest BCUT2D eigenvalue weighted by atomic mass is 16.5. The van der Waals surface area contributed by atoms with Crippen LogP contribution in [0, 0.1) is 13.8 Å². The SMILES string of the molecule is Cc1cc(C)c(O)c(C(O)O)c1. The molecule has 0 spiro atoms. The van der Waals surface area contributed by atoms with E-state index in [2.05, 4.69) is 0 Å². The van der Waals surface area contributed by atoms with Crippen LogP contribution >= 0.6 is 0 Å². The second-order valence-electron chi connectivity index (χ2n) is 2.89. The molecule has 0 saturated carbocycles. The summed E-state index contributed by atoms with van der Waals surface area (Å²) in [7, 11) is 0. The fourth-order valence-corrected chi connectivity index (χ4v) is 1.19. The van der Waals surface area contributed by atoms with E-state index in [1.54, 1.807) is 19.1 Å². The second-order valence-corrected chi connectivity index (χ2v) is 2.89. The topological polar surface area (TPSA) is 60.7 Å². The van der Waals surface area contributed by atoms with Gasteiger partial charge in [0.1, 0.15) is 5.75 Å². The van der Waals surface area contributed by atoms with E-state index in [0.29, 0.717) is 5.56 Å². The zero-order valence-electron chi connectivity index (χ0n) is 7.07. The van der Waals surface area contributed by atoms with Gasteiger partial charge in [0.2, 0.25) is 0 Å². The van der Waals surface area contributed by atoms with Gasteiger partial charge in [-0.3, -0.25) is 0 Å². The summed E-state index contributed by atoms with van der Waals surface area (Å²) in [6.07, 6.45) is -1.61. The van der Waals surface area contributed by atoms with E-state index in [1.165, 1.54) is 0 Å². The Morgan fingerprint density at radius 2 is 1.75 bits per heavy atom. The van der Waals surface area contributed by atoms with Gasteiger partial charge in [0.25, 0.3) is 0 Å². The molecule has 1 rings (SSSR count). The maximum absolute atomic E-state index is 9.37. The minimum absolute atomic E-state index is 0.0457. The van der Waals surface area contributed by atoms with E-state index < -0.39 is 6.29 Å². The molecule has 0 saturated heterocycles. The van der Waals surface area contributed by atoms with Crippen molar-refractivity contribution in [3.63, 3.8) is 0 Å². The van der Waals surface area contributed by atoms with Crippen molar-refractivity contribution >= 4 is 0 Å². The van der Waals surface area contributed by atoms with Crippen molar-refractivity contribution in [2.45, 2.75) is 20.1 Å². The van der Waals surface area contributed by atoms with Crippen LogP contribution in [-0.2, 0) is 0 Å². The lowest BCUT2D eigenvalue weighted by molar-refractivity contribution is -0.0439. The smallest absolute Gasteiger partial charge is 0.182 e. The number of phenols is 1. The Balaban J connectivity index is 3.28. The fourth-order valence-electron chi connectivity index (χ4n) is 1.19. The van der Waals surface area contributed by atoms with Crippen molar-refractivity contribution in [1.29, 1.82) is 0 Å². The number of aliphatic hydroxyl groups excluding tert-OH is 1. The first-order valence-electron chi connectivity index (χ1n) is 3.68. The Kier molecular flexibility index (Phi) is 2.35. The van der Waals surface area contributed by atoms with Gasteiger partial charge in [-0.2, -0.15) is 0 Å². The van der Waals surface area contributed by atoms with Crippen LogP contribution in [-0.4, -0.2) is 15.3 Å². The quantitative estimate of drug-likeness (QED) is 0.548. The minimum atomic E-state index is -1.61. The van der Waals surface area contributed by atoms with Crippen LogP contribution in [0.1, 0.15) is 23.0 Å². The van der Waals surface area contributed by atoms with Gasteiger partial charge in [-0.1, -0.05) is 11.6 Å². The van der Waals surface area contributed by atoms with Crippen LogP contribution in [0.5, 0.6) is 5.75 Å². The Morgan fingerprint density at radius 1 is 1.17 bits per heavy atom. The zero-order valence-corrected chi connectivity index (χ0v) is 7.07. The monoisotopic (exact) mass is 168 g/mol. The van der Waals surface area contributed by atoms with Gasteiger partial charge < -0.3 is 15.3 Å². The maximum atomic E-state index is 9.37. The molecule has 0 atom stereocenters. The number of rotatable bonds is 1. The minimum Gasteiger partial charge on any atom is -0.507 e. The highest BCUT2D eigenvalue weighted by Crippen LogP contribution is 2.27. The van der Waals surface area contributed by atoms with E-state index in [4.69, 9.17) is 10.2 Å². The average molecular weight is 168 g/mol. The molecule has 3 nitrogen and oxygen atoms in total. The number of benzene rings is 1. The van der Waals surface area contributed by atoms with E-state index in [0.717, 1.165) is 5.56 Å². The first kappa shape index (κ1) is 9.03. The summed E-state index contributed by atoms with van der Waals surface area (Å²) < 4.78 is 0. The van der Waals surface area contributed by atoms with Crippen LogP contribution in [0.15, 0.2) is 12.1 Å². The molecular formula is C9H12O3. The zero-order chi connectivity index (χ0) is 9.30. The molecule has 66 valence electrons. The van der Waals surface area contributed by atoms with Gasteiger partial charge in [0, 0.05) is 5.56 Å². The molecule has 0 fully saturated rings. The number of hydrogen-bond donors (Lipinski definition) is 3. The van der Waals surface area contributed by atoms with Gasteiger partial charge in [-0.15, -0.1) is 0 Å². The molecule has 1 aromatic rings. The van der Waals surface area contributed by atoms with E-state index >= 15 is 0 Å². The molecule has 1 aromatic carbocycles. The molecule has 0 bridgehead atoms. The van der Waals surface area contributed by atoms with Gasteiger partial charge in [-0.25, -0.2) is 0 Å². The molecule has 0 aromatic heterocycles. The fraction of sp³-hybridized carbons (Fsp3) is 0.333. The number of aliphatic hydroxyl groups is 2. The van der Waals surface area contributed by atoms with Crippen molar-refractivity contribution < 1.29 is 15.3 Å². The largest absolute Gasteiger partial charge is 0.507 e. The van der Waals surface area contributed by atoms with E-state index in [-0.39, 0.29) is 11.3 Å². The van der Waals surface area contributed by atoms with Crippen LogP contribution < -0.4 is 0 Å². The number of phenolic OH excluding ortho intramolecular Hbond substituents is 1. The highest BCUT2D eigenvalue weighted by molar-refractivity contribution is 5.43. The van der Waals surface area contributed by atoms with E-state index in [1.807, 2.05) is 6.92 Å². The summed E-state index contributed by atoms with van der Waals surface area (Å²) in [6, 6.07) is 3.33. The van der Waals surface area contributed by atoms with Crippen molar-refractivity contribution in [3.8, 4) is 5.75 Å². The second kappa shape index (κ2) is 3.13. The van der Waals surface area contributed by atoms with Crippen molar-refractivity contribution in [2.24, 2.45) is 0 Å². The highest BCUT2D eigenvalue weighted by Gasteiger charge is 2.10. The molecule has 0 aliphatic rings.